The first-order valence-electron chi connectivity index (χ1n) is 3.86. The molecule has 13 heavy (non-hydrogen) atoms. The average molecular weight is 173 g/mol. The predicted octanol–water partition coefficient (Wildman–Crippen LogP) is 1.90. The van der Waals surface area contributed by atoms with Crippen LogP contribution < -0.4 is 5.73 Å². The molecule has 0 aliphatic rings. The molecule has 2 N–H and O–H groups in total. The molecule has 3 nitrogen and oxygen atoms in total. The molecule has 0 saturated carbocycles. The van der Waals surface area contributed by atoms with E-state index in [-0.39, 0.29) is 0 Å². The molecule has 0 atom stereocenters. The van der Waals surface area contributed by atoms with E-state index in [2.05, 4.69) is 16.6 Å². The van der Waals surface area contributed by atoms with Gasteiger partial charge in [0.1, 0.15) is 0 Å². The fraction of sp³-hybridized carbons (Fsp3) is 0. The molecule has 0 aliphatic carbocycles. The van der Waals surface area contributed by atoms with Crippen molar-refractivity contribution in [1.82, 2.24) is 4.98 Å². The first-order chi connectivity index (χ1) is 6.38. The van der Waals surface area contributed by atoms with E-state index in [9.17, 15) is 0 Å². The van der Waals surface area contributed by atoms with E-state index >= 15 is 0 Å². The van der Waals surface area contributed by atoms with Crippen LogP contribution in [0.3, 0.4) is 0 Å². The summed E-state index contributed by atoms with van der Waals surface area (Å²) in [5.74, 6) is 0. The van der Waals surface area contributed by atoms with Gasteiger partial charge in [0.05, 0.1) is 18.2 Å². The van der Waals surface area contributed by atoms with Crippen molar-refractivity contribution in [3.63, 3.8) is 0 Å². The van der Waals surface area contributed by atoms with Gasteiger partial charge >= 0.3 is 0 Å². The molecule has 0 amide bonds. The van der Waals surface area contributed by atoms with Crippen molar-refractivity contribution < 1.29 is 0 Å². The van der Waals surface area contributed by atoms with Crippen LogP contribution in [0.4, 0.5) is 5.69 Å². The van der Waals surface area contributed by atoms with Gasteiger partial charge in [0.25, 0.3) is 0 Å². The molecular formula is C10H11N3. The molecule has 1 aromatic heterocycles. The van der Waals surface area contributed by atoms with Crippen molar-refractivity contribution in [3.8, 4) is 0 Å². The molecule has 0 bridgehead atoms. The van der Waals surface area contributed by atoms with Gasteiger partial charge in [-0.2, -0.15) is 0 Å². The van der Waals surface area contributed by atoms with Crippen LogP contribution >= 0.6 is 0 Å². The second-order valence-corrected chi connectivity index (χ2v) is 2.31. The maximum Gasteiger partial charge on any atom is 0.0902 e. The van der Waals surface area contributed by atoms with Crippen LogP contribution in [-0.4, -0.2) is 11.3 Å². The Morgan fingerprint density at radius 1 is 1.54 bits per heavy atom. The topological polar surface area (TPSA) is 51.3 Å². The Hall–Kier alpha value is -1.90. The van der Waals surface area contributed by atoms with Gasteiger partial charge in [0.15, 0.2) is 0 Å². The molecular weight excluding hydrogens is 162 g/mol. The molecule has 0 radical (unpaired) electrons. The quantitative estimate of drug-likeness (QED) is 0.431. The Morgan fingerprint density at radius 3 is 3.08 bits per heavy atom. The smallest absolute Gasteiger partial charge is 0.0902 e. The van der Waals surface area contributed by atoms with Crippen molar-refractivity contribution in [3.05, 3.63) is 42.8 Å². The lowest BCUT2D eigenvalue weighted by atomic mass is 10.2. The van der Waals surface area contributed by atoms with Gasteiger partial charge in [-0.25, -0.2) is 4.99 Å². The average Bonchev–Trinajstić information content (AvgIpc) is 2.17. The fourth-order valence-corrected chi connectivity index (χ4v) is 0.898. The molecule has 0 fully saturated rings. The number of hydrogen-bond donors (Lipinski definition) is 1. The summed E-state index contributed by atoms with van der Waals surface area (Å²) >= 11 is 0. The molecule has 1 heterocycles. The van der Waals surface area contributed by atoms with Crippen molar-refractivity contribution in [1.29, 1.82) is 0 Å². The van der Waals surface area contributed by atoms with E-state index in [0.717, 1.165) is 11.3 Å². The van der Waals surface area contributed by atoms with Crippen molar-refractivity contribution >= 4 is 18.1 Å². The highest BCUT2D eigenvalue weighted by atomic mass is 14.8. The van der Waals surface area contributed by atoms with Crippen molar-refractivity contribution in [2.75, 3.05) is 0 Å². The number of nitrogens with zero attached hydrogens (tertiary/aromatic N) is 2. The standard InChI is InChI=1S/C10H11N3/c1-2-3-4-9-5-6-12-7-10(9)13-8-11/h2-8H,1H2,(H2,11,13)/b4-3-. The Kier molecular flexibility index (Phi) is 3.45. The molecule has 0 saturated heterocycles. The van der Waals surface area contributed by atoms with Crippen LogP contribution in [0.25, 0.3) is 6.08 Å². The molecule has 0 unspecified atom stereocenters. The van der Waals surface area contributed by atoms with Crippen LogP contribution in [0.15, 0.2) is 42.2 Å². The van der Waals surface area contributed by atoms with E-state index in [1.807, 2.05) is 18.2 Å². The third kappa shape index (κ3) is 2.56. The largest absolute Gasteiger partial charge is 0.390 e. The van der Waals surface area contributed by atoms with Gasteiger partial charge in [0.2, 0.25) is 0 Å². The highest BCUT2D eigenvalue weighted by molar-refractivity contribution is 5.68. The SMILES string of the molecule is C=C/C=C\c1ccncc1/N=C/N. The lowest BCUT2D eigenvalue weighted by Gasteiger charge is -1.96. The molecule has 0 aliphatic heterocycles. The summed E-state index contributed by atoms with van der Waals surface area (Å²) in [5, 5.41) is 0. The lowest BCUT2D eigenvalue weighted by molar-refractivity contribution is 1.30. The first kappa shape index (κ1) is 9.19. The minimum absolute atomic E-state index is 0.753. The van der Waals surface area contributed by atoms with Crippen LogP contribution in [0.2, 0.25) is 0 Å². The number of rotatable bonds is 3. The monoisotopic (exact) mass is 173 g/mol. The summed E-state index contributed by atoms with van der Waals surface area (Å²) in [6.07, 6.45) is 10.1. The summed E-state index contributed by atoms with van der Waals surface area (Å²) in [7, 11) is 0. The fourth-order valence-electron chi connectivity index (χ4n) is 0.898. The van der Waals surface area contributed by atoms with E-state index in [0.29, 0.717) is 0 Å². The van der Waals surface area contributed by atoms with Crippen molar-refractivity contribution in [2.24, 2.45) is 10.7 Å². The maximum atomic E-state index is 5.19. The molecule has 0 aromatic carbocycles. The number of pyridine rings is 1. The predicted molar refractivity (Wildman–Crippen MR) is 55.8 cm³/mol. The van der Waals surface area contributed by atoms with Gasteiger partial charge in [-0.3, -0.25) is 4.98 Å². The zero-order valence-corrected chi connectivity index (χ0v) is 7.22. The Morgan fingerprint density at radius 2 is 2.38 bits per heavy atom. The first-order valence-corrected chi connectivity index (χ1v) is 3.86. The minimum atomic E-state index is 0.753. The summed E-state index contributed by atoms with van der Waals surface area (Å²) < 4.78 is 0. The highest BCUT2D eigenvalue weighted by Crippen LogP contribution is 2.17. The summed E-state index contributed by atoms with van der Waals surface area (Å²) in [5.41, 5.74) is 6.92. The second kappa shape index (κ2) is 4.87. The summed E-state index contributed by atoms with van der Waals surface area (Å²) in [4.78, 5) is 7.91. The third-order valence-corrected chi connectivity index (χ3v) is 1.46. The Bertz CT molecular complexity index is 340. The van der Waals surface area contributed by atoms with Crippen LogP contribution in [0.5, 0.6) is 0 Å². The normalized spacial score (nSPS) is 11.1. The highest BCUT2D eigenvalue weighted by Gasteiger charge is 1.94. The molecule has 0 spiro atoms. The summed E-state index contributed by atoms with van der Waals surface area (Å²) in [6.45, 7) is 3.59. The number of allylic oxidation sites excluding steroid dienone is 2. The minimum Gasteiger partial charge on any atom is -0.390 e. The Balaban J connectivity index is 3.03. The van der Waals surface area contributed by atoms with Crippen LogP contribution in [0.1, 0.15) is 5.56 Å². The van der Waals surface area contributed by atoms with Gasteiger partial charge in [-0.15, -0.1) is 0 Å². The van der Waals surface area contributed by atoms with Crippen LogP contribution in [0, 0.1) is 0 Å². The number of aliphatic imine (C=N–C) groups is 1. The van der Waals surface area contributed by atoms with E-state index in [1.54, 1.807) is 18.5 Å². The lowest BCUT2D eigenvalue weighted by Crippen LogP contribution is -1.87. The molecule has 1 aromatic rings. The van der Waals surface area contributed by atoms with Gasteiger partial charge < -0.3 is 5.73 Å². The van der Waals surface area contributed by atoms with Crippen LogP contribution in [-0.2, 0) is 0 Å². The summed E-state index contributed by atoms with van der Waals surface area (Å²) in [6, 6.07) is 1.86. The second-order valence-electron chi connectivity index (χ2n) is 2.31. The third-order valence-electron chi connectivity index (χ3n) is 1.46. The van der Waals surface area contributed by atoms with Gasteiger partial charge in [0, 0.05) is 11.8 Å². The molecule has 1 rings (SSSR count). The van der Waals surface area contributed by atoms with Crippen molar-refractivity contribution in [2.45, 2.75) is 0 Å². The Labute approximate surface area is 77.3 Å². The number of nitrogens with two attached hydrogens (primary N) is 1. The van der Waals surface area contributed by atoms with E-state index < -0.39 is 0 Å². The van der Waals surface area contributed by atoms with E-state index in [1.165, 1.54) is 6.34 Å². The zero-order valence-electron chi connectivity index (χ0n) is 7.22. The van der Waals surface area contributed by atoms with E-state index in [4.69, 9.17) is 5.73 Å². The molecule has 3 heteroatoms. The zero-order chi connectivity index (χ0) is 9.52. The number of hydrogen-bond acceptors (Lipinski definition) is 2. The van der Waals surface area contributed by atoms with Gasteiger partial charge in [-0.1, -0.05) is 24.8 Å². The van der Waals surface area contributed by atoms with Gasteiger partial charge in [-0.05, 0) is 6.07 Å². The number of aromatic nitrogens is 1. The maximum absolute atomic E-state index is 5.19. The molecule has 66 valence electrons.